The van der Waals surface area contributed by atoms with Gasteiger partial charge >= 0.3 is 0 Å². The topological polar surface area (TPSA) is 12.9 Å². The van der Waals surface area contributed by atoms with Crippen molar-refractivity contribution in [2.45, 2.75) is 5.88 Å². The van der Waals surface area contributed by atoms with Crippen LogP contribution in [0.25, 0.3) is 0 Å². The van der Waals surface area contributed by atoms with E-state index in [4.69, 9.17) is 11.6 Å². The first kappa shape index (κ1) is 7.28. The van der Waals surface area contributed by atoms with Crippen LogP contribution in [0.2, 0.25) is 0 Å². The summed E-state index contributed by atoms with van der Waals surface area (Å²) in [5.74, 6) is 0.545. The Labute approximate surface area is 72.6 Å². The molecule has 0 amide bonds. The molecule has 1 heterocycles. The lowest BCUT2D eigenvalue weighted by molar-refractivity contribution is 1.23. The van der Waals surface area contributed by atoms with E-state index in [-0.39, 0.29) is 0 Å². The predicted molar refractivity (Wildman–Crippen MR) is 46.5 cm³/mol. The molecular formula is C6H5ClIN. The Hall–Kier alpha value is 0.170. The second kappa shape index (κ2) is 3.37. The summed E-state index contributed by atoms with van der Waals surface area (Å²) in [5, 5.41) is 0. The number of hydrogen-bond acceptors (Lipinski definition) is 1. The Morgan fingerprint density at radius 1 is 1.56 bits per heavy atom. The molecule has 1 nitrogen and oxygen atoms in total. The third-order valence-corrected chi connectivity index (χ3v) is 1.81. The van der Waals surface area contributed by atoms with Crippen molar-refractivity contribution in [3.63, 3.8) is 0 Å². The van der Waals surface area contributed by atoms with Gasteiger partial charge in [-0.1, -0.05) is 0 Å². The van der Waals surface area contributed by atoms with Crippen LogP contribution in [0.5, 0.6) is 0 Å². The van der Waals surface area contributed by atoms with E-state index >= 15 is 0 Å². The first-order valence-corrected chi connectivity index (χ1v) is 4.09. The predicted octanol–water partition coefficient (Wildman–Crippen LogP) is 2.43. The first-order valence-electron chi connectivity index (χ1n) is 2.48. The SMILES string of the molecule is ClCc1cncc(I)c1. The third-order valence-electron chi connectivity index (χ3n) is 0.916. The molecule has 0 fully saturated rings. The van der Waals surface area contributed by atoms with Crippen molar-refractivity contribution in [1.82, 2.24) is 4.98 Å². The van der Waals surface area contributed by atoms with E-state index in [0.717, 1.165) is 9.13 Å². The number of pyridine rings is 1. The van der Waals surface area contributed by atoms with Crippen LogP contribution >= 0.6 is 34.2 Å². The van der Waals surface area contributed by atoms with E-state index in [0.29, 0.717) is 5.88 Å². The molecule has 1 aromatic heterocycles. The number of nitrogens with zero attached hydrogens (tertiary/aromatic N) is 1. The summed E-state index contributed by atoms with van der Waals surface area (Å²) in [6.45, 7) is 0. The van der Waals surface area contributed by atoms with Gasteiger partial charge in [-0.3, -0.25) is 4.98 Å². The smallest absolute Gasteiger partial charge is 0.0489 e. The summed E-state index contributed by atoms with van der Waals surface area (Å²) >= 11 is 7.76. The minimum atomic E-state index is 0.545. The first-order chi connectivity index (χ1) is 4.33. The average molecular weight is 253 g/mol. The van der Waals surface area contributed by atoms with Gasteiger partial charge in [0, 0.05) is 21.8 Å². The maximum absolute atomic E-state index is 5.56. The highest BCUT2D eigenvalue weighted by Crippen LogP contribution is 2.06. The molecule has 0 aliphatic rings. The number of alkyl halides is 1. The van der Waals surface area contributed by atoms with Gasteiger partial charge in [0.25, 0.3) is 0 Å². The summed E-state index contributed by atoms with van der Waals surface area (Å²) < 4.78 is 1.13. The highest BCUT2D eigenvalue weighted by Gasteiger charge is 1.89. The Balaban J connectivity index is 2.94. The van der Waals surface area contributed by atoms with Crippen LogP contribution in [0.4, 0.5) is 0 Å². The van der Waals surface area contributed by atoms with Gasteiger partial charge in [-0.05, 0) is 34.2 Å². The van der Waals surface area contributed by atoms with Crippen molar-refractivity contribution in [3.05, 3.63) is 27.6 Å². The van der Waals surface area contributed by atoms with Gasteiger partial charge < -0.3 is 0 Å². The monoisotopic (exact) mass is 253 g/mol. The van der Waals surface area contributed by atoms with Crippen LogP contribution in [0.15, 0.2) is 18.5 Å². The van der Waals surface area contributed by atoms with Gasteiger partial charge in [-0.2, -0.15) is 0 Å². The molecular weight excluding hydrogens is 248 g/mol. The molecule has 0 bridgehead atoms. The summed E-state index contributed by atoms with van der Waals surface area (Å²) in [7, 11) is 0. The number of halogens is 2. The minimum absolute atomic E-state index is 0.545. The van der Waals surface area contributed by atoms with Crippen molar-refractivity contribution in [1.29, 1.82) is 0 Å². The highest BCUT2D eigenvalue weighted by atomic mass is 127. The summed E-state index contributed by atoms with van der Waals surface area (Å²) in [5.41, 5.74) is 1.07. The van der Waals surface area contributed by atoms with Crippen molar-refractivity contribution in [2.24, 2.45) is 0 Å². The van der Waals surface area contributed by atoms with E-state index in [1.807, 2.05) is 6.07 Å². The fourth-order valence-electron chi connectivity index (χ4n) is 0.529. The summed E-state index contributed by atoms with van der Waals surface area (Å²) in [6, 6.07) is 2.01. The Morgan fingerprint density at radius 2 is 2.33 bits per heavy atom. The van der Waals surface area contributed by atoms with Crippen molar-refractivity contribution in [2.75, 3.05) is 0 Å². The second-order valence-electron chi connectivity index (χ2n) is 1.65. The van der Waals surface area contributed by atoms with E-state index < -0.39 is 0 Å². The molecule has 0 unspecified atom stereocenters. The molecule has 1 aromatic rings. The molecule has 3 heteroatoms. The second-order valence-corrected chi connectivity index (χ2v) is 3.16. The molecule has 0 aliphatic carbocycles. The quantitative estimate of drug-likeness (QED) is 0.553. The largest absolute Gasteiger partial charge is 0.263 e. The fraction of sp³-hybridized carbons (Fsp3) is 0.167. The van der Waals surface area contributed by atoms with Crippen LogP contribution in [0, 0.1) is 3.57 Å². The molecule has 9 heavy (non-hydrogen) atoms. The molecule has 1 rings (SSSR count). The van der Waals surface area contributed by atoms with Crippen LogP contribution in [-0.2, 0) is 5.88 Å². The number of rotatable bonds is 1. The van der Waals surface area contributed by atoms with Gasteiger partial charge in [-0.15, -0.1) is 11.6 Å². The molecule has 0 N–H and O–H groups in total. The molecule has 0 aromatic carbocycles. The van der Waals surface area contributed by atoms with Crippen LogP contribution < -0.4 is 0 Å². The maximum Gasteiger partial charge on any atom is 0.0489 e. The standard InChI is InChI=1S/C6H5ClIN/c7-2-5-1-6(8)4-9-3-5/h1,3-4H,2H2. The molecule has 0 radical (unpaired) electrons. The van der Waals surface area contributed by atoms with E-state index in [9.17, 15) is 0 Å². The normalized spacial score (nSPS) is 9.56. The fourth-order valence-corrected chi connectivity index (χ4v) is 1.24. The van der Waals surface area contributed by atoms with E-state index in [1.54, 1.807) is 12.4 Å². The highest BCUT2D eigenvalue weighted by molar-refractivity contribution is 14.1. The molecule has 0 saturated carbocycles. The van der Waals surface area contributed by atoms with Crippen LogP contribution in [0.3, 0.4) is 0 Å². The number of hydrogen-bond donors (Lipinski definition) is 0. The van der Waals surface area contributed by atoms with E-state index in [1.165, 1.54) is 0 Å². The van der Waals surface area contributed by atoms with Gasteiger partial charge in [-0.25, -0.2) is 0 Å². The molecule has 0 spiro atoms. The van der Waals surface area contributed by atoms with E-state index in [2.05, 4.69) is 27.6 Å². The van der Waals surface area contributed by atoms with Gasteiger partial charge in [0.15, 0.2) is 0 Å². The van der Waals surface area contributed by atoms with Gasteiger partial charge in [0.2, 0.25) is 0 Å². The van der Waals surface area contributed by atoms with Crippen LogP contribution in [0.1, 0.15) is 5.56 Å². The van der Waals surface area contributed by atoms with Crippen LogP contribution in [-0.4, -0.2) is 4.98 Å². The zero-order valence-corrected chi connectivity index (χ0v) is 7.56. The van der Waals surface area contributed by atoms with Gasteiger partial charge in [0.05, 0.1) is 0 Å². The lowest BCUT2D eigenvalue weighted by Gasteiger charge is -1.92. The lowest BCUT2D eigenvalue weighted by Crippen LogP contribution is -1.80. The zero-order chi connectivity index (χ0) is 6.69. The summed E-state index contributed by atoms with van der Waals surface area (Å²) in [4.78, 5) is 3.96. The molecule has 48 valence electrons. The summed E-state index contributed by atoms with van der Waals surface area (Å²) in [6.07, 6.45) is 3.58. The Bertz CT molecular complexity index is 202. The molecule has 0 atom stereocenters. The maximum atomic E-state index is 5.56. The van der Waals surface area contributed by atoms with Crippen molar-refractivity contribution >= 4 is 34.2 Å². The third kappa shape index (κ3) is 2.10. The number of aromatic nitrogens is 1. The lowest BCUT2D eigenvalue weighted by atomic mass is 10.3. The van der Waals surface area contributed by atoms with Crippen molar-refractivity contribution in [3.8, 4) is 0 Å². The Kier molecular flexibility index (Phi) is 2.72. The zero-order valence-electron chi connectivity index (χ0n) is 4.64. The minimum Gasteiger partial charge on any atom is -0.263 e. The van der Waals surface area contributed by atoms with Crippen molar-refractivity contribution < 1.29 is 0 Å². The molecule has 0 saturated heterocycles. The van der Waals surface area contributed by atoms with Gasteiger partial charge in [0.1, 0.15) is 0 Å². The molecule has 0 aliphatic heterocycles. The Morgan fingerprint density at radius 3 is 2.78 bits per heavy atom. The average Bonchev–Trinajstić information content (AvgIpc) is 1.88.